The van der Waals surface area contributed by atoms with Gasteiger partial charge in [0.05, 0.1) is 10.9 Å². The molecule has 0 aliphatic heterocycles. The number of aromatic nitrogens is 3. The largest absolute Gasteiger partial charge is 0.383 e. The average molecular weight is 275 g/mol. The van der Waals surface area contributed by atoms with Crippen LogP contribution in [-0.4, -0.2) is 14.5 Å². The highest BCUT2D eigenvalue weighted by Gasteiger charge is 2.12. The maximum atomic E-state index is 9.18. The molecule has 1 aromatic carbocycles. The summed E-state index contributed by atoms with van der Waals surface area (Å²) < 4.78 is 1.89. The van der Waals surface area contributed by atoms with Crippen LogP contribution in [0.5, 0.6) is 0 Å². The molecule has 0 bridgehead atoms. The zero-order valence-electron chi connectivity index (χ0n) is 11.3. The summed E-state index contributed by atoms with van der Waals surface area (Å²) in [6.07, 6.45) is 7.22. The van der Waals surface area contributed by atoms with Gasteiger partial charge >= 0.3 is 0 Å². The van der Waals surface area contributed by atoms with E-state index in [-0.39, 0.29) is 0 Å². The van der Waals surface area contributed by atoms with E-state index in [0.29, 0.717) is 29.0 Å². The lowest BCUT2D eigenvalue weighted by atomic mass is 10.2. The van der Waals surface area contributed by atoms with Crippen molar-refractivity contribution in [3.8, 4) is 6.07 Å². The topological polar surface area (TPSA) is 80.5 Å². The molecule has 21 heavy (non-hydrogen) atoms. The third-order valence-corrected chi connectivity index (χ3v) is 3.22. The average Bonchev–Trinajstić information content (AvgIpc) is 2.88. The molecule has 3 aromatic rings. The van der Waals surface area contributed by atoms with Crippen LogP contribution in [0.1, 0.15) is 11.1 Å². The molecular formula is C16H13N5. The molecule has 0 unspecified atom stereocenters. The molecule has 0 atom stereocenters. The van der Waals surface area contributed by atoms with Gasteiger partial charge in [-0.1, -0.05) is 42.5 Å². The summed E-state index contributed by atoms with van der Waals surface area (Å²) in [6.45, 7) is 0.615. The van der Waals surface area contributed by atoms with Crippen LogP contribution in [0.25, 0.3) is 17.1 Å². The first-order valence-electron chi connectivity index (χ1n) is 6.50. The summed E-state index contributed by atoms with van der Waals surface area (Å²) in [6, 6.07) is 12.2. The van der Waals surface area contributed by atoms with Gasteiger partial charge in [0.2, 0.25) is 0 Å². The molecule has 0 saturated carbocycles. The van der Waals surface area contributed by atoms with Gasteiger partial charge in [-0.25, -0.2) is 9.97 Å². The molecule has 5 heteroatoms. The van der Waals surface area contributed by atoms with E-state index in [0.717, 1.165) is 5.56 Å². The van der Waals surface area contributed by atoms with Crippen LogP contribution in [0, 0.1) is 11.3 Å². The molecule has 0 aliphatic carbocycles. The highest BCUT2D eigenvalue weighted by molar-refractivity contribution is 5.91. The Morgan fingerprint density at radius 3 is 2.81 bits per heavy atom. The van der Waals surface area contributed by atoms with Gasteiger partial charge in [0, 0.05) is 12.7 Å². The van der Waals surface area contributed by atoms with Gasteiger partial charge in [0.25, 0.3) is 0 Å². The highest BCUT2D eigenvalue weighted by atomic mass is 15.1. The number of rotatable bonds is 3. The van der Waals surface area contributed by atoms with Crippen molar-refractivity contribution in [2.24, 2.45) is 0 Å². The molecule has 0 aliphatic rings. The van der Waals surface area contributed by atoms with Crippen molar-refractivity contribution < 1.29 is 0 Å². The number of hydrogen-bond donors (Lipinski definition) is 1. The van der Waals surface area contributed by atoms with E-state index in [2.05, 4.69) is 16.0 Å². The monoisotopic (exact) mass is 275 g/mol. The molecule has 0 amide bonds. The minimum atomic E-state index is 0.335. The van der Waals surface area contributed by atoms with Gasteiger partial charge in [-0.3, -0.25) is 0 Å². The van der Waals surface area contributed by atoms with Gasteiger partial charge in [-0.05, 0) is 5.56 Å². The Morgan fingerprint density at radius 1 is 1.24 bits per heavy atom. The van der Waals surface area contributed by atoms with E-state index < -0.39 is 0 Å². The van der Waals surface area contributed by atoms with Crippen LogP contribution in [0.2, 0.25) is 0 Å². The zero-order valence-corrected chi connectivity index (χ0v) is 11.3. The van der Waals surface area contributed by atoms with E-state index in [1.165, 1.54) is 6.33 Å². The fraction of sp³-hybridized carbons (Fsp3) is 0.0625. The number of nitrogen functional groups attached to an aromatic ring is 1. The SMILES string of the molecule is N#Cc1cn(C/C=C/c2ccccc2)c2ncnc(N)c12. The number of nitrogens with zero attached hydrogens (tertiary/aromatic N) is 4. The van der Waals surface area contributed by atoms with Crippen molar-refractivity contribution in [2.45, 2.75) is 6.54 Å². The Labute approximate surface area is 122 Å². The lowest BCUT2D eigenvalue weighted by Gasteiger charge is -2.00. The number of hydrogen-bond acceptors (Lipinski definition) is 4. The first-order valence-corrected chi connectivity index (χ1v) is 6.50. The third kappa shape index (κ3) is 2.47. The van der Waals surface area contributed by atoms with Crippen LogP contribution in [0.4, 0.5) is 5.82 Å². The van der Waals surface area contributed by atoms with Gasteiger partial charge in [-0.2, -0.15) is 5.26 Å². The first kappa shape index (κ1) is 12.9. The van der Waals surface area contributed by atoms with E-state index in [1.807, 2.05) is 47.1 Å². The molecule has 0 spiro atoms. The molecule has 2 aromatic heterocycles. The Hall–Kier alpha value is -3.13. The number of allylic oxidation sites excluding steroid dienone is 1. The van der Waals surface area contributed by atoms with Crippen molar-refractivity contribution in [2.75, 3.05) is 5.73 Å². The maximum Gasteiger partial charge on any atom is 0.147 e. The predicted octanol–water partition coefficient (Wildman–Crippen LogP) is 2.60. The summed E-state index contributed by atoms with van der Waals surface area (Å²) in [5, 5.41) is 9.80. The second kappa shape index (κ2) is 5.47. The Bertz CT molecular complexity index is 840. The Balaban J connectivity index is 1.93. The third-order valence-electron chi connectivity index (χ3n) is 3.22. The summed E-state index contributed by atoms with van der Waals surface area (Å²) in [5.74, 6) is 0.335. The fourth-order valence-electron chi connectivity index (χ4n) is 2.24. The van der Waals surface area contributed by atoms with Crippen molar-refractivity contribution in [3.05, 3.63) is 60.1 Å². The quantitative estimate of drug-likeness (QED) is 0.796. The van der Waals surface area contributed by atoms with Crippen molar-refractivity contribution >= 4 is 22.9 Å². The minimum Gasteiger partial charge on any atom is -0.383 e. The van der Waals surface area contributed by atoms with E-state index in [1.54, 1.807) is 6.20 Å². The number of fused-ring (bicyclic) bond motifs is 1. The summed E-state index contributed by atoms with van der Waals surface area (Å²) >= 11 is 0. The normalized spacial score (nSPS) is 11.0. The van der Waals surface area contributed by atoms with E-state index in [9.17, 15) is 5.26 Å². The van der Waals surface area contributed by atoms with Crippen molar-refractivity contribution in [1.29, 1.82) is 5.26 Å². The molecule has 2 heterocycles. The minimum absolute atomic E-state index is 0.335. The fourth-order valence-corrected chi connectivity index (χ4v) is 2.24. The summed E-state index contributed by atoms with van der Waals surface area (Å²) in [5.41, 5.74) is 8.13. The Morgan fingerprint density at radius 2 is 2.05 bits per heavy atom. The van der Waals surface area contributed by atoms with Gasteiger partial charge in [-0.15, -0.1) is 0 Å². The maximum absolute atomic E-state index is 9.18. The van der Waals surface area contributed by atoms with E-state index >= 15 is 0 Å². The van der Waals surface area contributed by atoms with Gasteiger partial charge in [0.1, 0.15) is 23.9 Å². The van der Waals surface area contributed by atoms with Crippen LogP contribution in [0.3, 0.4) is 0 Å². The number of anilines is 1. The van der Waals surface area contributed by atoms with Crippen LogP contribution >= 0.6 is 0 Å². The van der Waals surface area contributed by atoms with Crippen LogP contribution < -0.4 is 5.73 Å². The second-order valence-electron chi connectivity index (χ2n) is 4.58. The number of benzene rings is 1. The Kier molecular flexibility index (Phi) is 3.36. The van der Waals surface area contributed by atoms with Crippen LogP contribution in [0.15, 0.2) is 48.9 Å². The van der Waals surface area contributed by atoms with Gasteiger partial charge < -0.3 is 10.3 Å². The second-order valence-corrected chi connectivity index (χ2v) is 4.58. The van der Waals surface area contributed by atoms with Crippen LogP contribution in [-0.2, 0) is 6.54 Å². The zero-order chi connectivity index (χ0) is 14.7. The molecule has 0 saturated heterocycles. The number of nitriles is 1. The van der Waals surface area contributed by atoms with Crippen molar-refractivity contribution in [3.63, 3.8) is 0 Å². The first-order chi connectivity index (χ1) is 10.3. The standard InChI is InChI=1S/C16H13N5/c17-9-13-10-21(16-14(13)15(18)19-11-20-16)8-4-7-12-5-2-1-3-6-12/h1-7,10-11H,8H2,(H2,18,19,20)/b7-4+. The summed E-state index contributed by atoms with van der Waals surface area (Å²) in [4.78, 5) is 8.16. The summed E-state index contributed by atoms with van der Waals surface area (Å²) in [7, 11) is 0. The number of nitrogens with two attached hydrogens (primary N) is 1. The van der Waals surface area contributed by atoms with Crippen molar-refractivity contribution in [1.82, 2.24) is 14.5 Å². The van der Waals surface area contributed by atoms with E-state index in [4.69, 9.17) is 5.73 Å². The predicted molar refractivity (Wildman–Crippen MR) is 82.1 cm³/mol. The highest BCUT2D eigenvalue weighted by Crippen LogP contribution is 2.23. The lowest BCUT2D eigenvalue weighted by molar-refractivity contribution is 0.850. The molecule has 3 rings (SSSR count). The molecular weight excluding hydrogens is 262 g/mol. The molecule has 0 fully saturated rings. The molecule has 2 N–H and O–H groups in total. The molecule has 102 valence electrons. The smallest absolute Gasteiger partial charge is 0.147 e. The molecule has 5 nitrogen and oxygen atoms in total. The van der Waals surface area contributed by atoms with Gasteiger partial charge in [0.15, 0.2) is 0 Å². The lowest BCUT2D eigenvalue weighted by Crippen LogP contribution is -1.97. The molecule has 0 radical (unpaired) electrons.